The van der Waals surface area contributed by atoms with E-state index in [4.69, 9.17) is 23.7 Å². The number of carbonyl (C=O) groups excluding carboxylic acids is 2. The molecule has 7 aliphatic rings. The monoisotopic (exact) mass is 570 g/mol. The van der Waals surface area contributed by atoms with E-state index in [0.29, 0.717) is 30.4 Å². The molecule has 218 valence electrons. The quantitative estimate of drug-likeness (QED) is 0.423. The van der Waals surface area contributed by atoms with Crippen molar-refractivity contribution >= 4 is 11.9 Å². The van der Waals surface area contributed by atoms with E-state index < -0.39 is 46.5 Å². The molecule has 11 atom stereocenters. The van der Waals surface area contributed by atoms with Gasteiger partial charge in [0.1, 0.15) is 29.5 Å². The second-order valence-corrected chi connectivity index (χ2v) is 13.7. The summed E-state index contributed by atoms with van der Waals surface area (Å²) in [5, 5.41) is 11.9. The van der Waals surface area contributed by atoms with Crippen LogP contribution in [0.2, 0.25) is 0 Å². The van der Waals surface area contributed by atoms with Gasteiger partial charge in [-0.2, -0.15) is 0 Å². The average Bonchev–Trinajstić information content (AvgIpc) is 3.91. The van der Waals surface area contributed by atoms with Crippen molar-refractivity contribution in [3.8, 4) is 0 Å². The Morgan fingerprint density at radius 1 is 1.00 bits per heavy atom. The fourth-order valence-electron chi connectivity index (χ4n) is 9.75. The van der Waals surface area contributed by atoms with Gasteiger partial charge in [0.15, 0.2) is 17.8 Å². The molecule has 8 heteroatoms. The van der Waals surface area contributed by atoms with E-state index in [2.05, 4.69) is 20.8 Å². The SMILES string of the molecule is CC(C)[C@]12O[C@H]1[C@@H]1O[C@]13[C@]1(O[C@H]1C[C@H]1C4=C(CC[C@@]13C)C(=O)OC4C(OC(=O)c1ccccc1)c1ccccc1)[C@@H]2O. The average molecular weight is 571 g/mol. The summed E-state index contributed by atoms with van der Waals surface area (Å²) >= 11 is 0. The van der Waals surface area contributed by atoms with Crippen molar-refractivity contribution in [3.05, 3.63) is 82.9 Å². The van der Waals surface area contributed by atoms with E-state index in [1.165, 1.54) is 0 Å². The number of aliphatic hydroxyl groups excluding tert-OH is 1. The minimum atomic E-state index is -0.824. The summed E-state index contributed by atoms with van der Waals surface area (Å²) in [6.45, 7) is 6.40. The molecule has 3 saturated heterocycles. The highest BCUT2D eigenvalue weighted by Crippen LogP contribution is 2.83. The van der Waals surface area contributed by atoms with Gasteiger partial charge in [0.05, 0.1) is 11.7 Å². The number of hydrogen-bond acceptors (Lipinski definition) is 8. The molecule has 4 heterocycles. The first-order valence-electron chi connectivity index (χ1n) is 15.2. The third-order valence-corrected chi connectivity index (χ3v) is 11.8. The largest absolute Gasteiger partial charge is 0.450 e. The van der Waals surface area contributed by atoms with E-state index in [1.807, 2.05) is 36.4 Å². The van der Waals surface area contributed by atoms with E-state index in [1.54, 1.807) is 24.3 Å². The number of hydrogen-bond donors (Lipinski definition) is 1. The van der Waals surface area contributed by atoms with Crippen LogP contribution in [-0.4, -0.2) is 64.4 Å². The third kappa shape index (κ3) is 2.74. The Morgan fingerprint density at radius 3 is 2.43 bits per heavy atom. The molecular formula is C34H34O8. The summed E-state index contributed by atoms with van der Waals surface area (Å²) in [6, 6.07) is 18.4. The number of epoxide rings is 3. The molecule has 2 aromatic carbocycles. The molecule has 5 fully saturated rings. The molecule has 2 aromatic rings. The Kier molecular flexibility index (Phi) is 4.80. The number of rotatable bonds is 5. The topological polar surface area (TPSA) is 110 Å². The molecule has 1 N–H and O–H groups in total. The maximum absolute atomic E-state index is 13.4. The molecule has 2 unspecified atom stereocenters. The summed E-state index contributed by atoms with van der Waals surface area (Å²) in [7, 11) is 0. The standard InChI is InChI=1S/C34H34O8/c1-17(2)32-26(41-32)27-34(42-27)31(3)15-14-20-23(21(31)16-22-33(34,40-22)30(32)37)25(39-29(20)36)24(18-10-6-4-7-11-18)38-28(35)19-12-8-5-9-13-19/h4-13,17,21-22,24-27,30,37H,14-16H2,1-3H3/t21-,22-,24?,25?,26-,27-,30+,31-,32-,33+,34+/m0/s1. The number of carbonyl (C=O) groups is 2. The highest BCUT2D eigenvalue weighted by Gasteiger charge is 3.00. The third-order valence-electron chi connectivity index (χ3n) is 11.8. The maximum Gasteiger partial charge on any atom is 0.338 e. The van der Waals surface area contributed by atoms with Gasteiger partial charge in [-0.25, -0.2) is 9.59 Å². The minimum absolute atomic E-state index is 0.109. The summed E-state index contributed by atoms with van der Waals surface area (Å²) < 4.78 is 31.9. The van der Waals surface area contributed by atoms with Gasteiger partial charge >= 0.3 is 11.9 Å². The summed E-state index contributed by atoms with van der Waals surface area (Å²) in [5.74, 6) is -0.804. The number of aliphatic hydroxyl groups is 1. The lowest BCUT2D eigenvalue weighted by atomic mass is 9.46. The van der Waals surface area contributed by atoms with Crippen LogP contribution in [-0.2, 0) is 28.5 Å². The van der Waals surface area contributed by atoms with Gasteiger partial charge in [0.2, 0.25) is 0 Å². The highest BCUT2D eigenvalue weighted by molar-refractivity contribution is 5.93. The maximum atomic E-state index is 13.4. The van der Waals surface area contributed by atoms with Crippen LogP contribution in [0.15, 0.2) is 71.8 Å². The molecule has 9 rings (SSSR count). The number of fused-ring (bicyclic) bond motifs is 4. The number of esters is 2. The Hall–Kier alpha value is -3.04. The first-order chi connectivity index (χ1) is 20.2. The van der Waals surface area contributed by atoms with Crippen LogP contribution in [0.3, 0.4) is 0 Å². The van der Waals surface area contributed by atoms with Crippen molar-refractivity contribution in [3.63, 3.8) is 0 Å². The van der Waals surface area contributed by atoms with Crippen molar-refractivity contribution in [2.75, 3.05) is 0 Å². The van der Waals surface area contributed by atoms with Gasteiger partial charge in [0, 0.05) is 11.0 Å². The smallest absolute Gasteiger partial charge is 0.338 e. The molecule has 0 radical (unpaired) electrons. The van der Waals surface area contributed by atoms with Crippen molar-refractivity contribution in [1.82, 2.24) is 0 Å². The van der Waals surface area contributed by atoms with Gasteiger partial charge in [-0.3, -0.25) is 0 Å². The lowest BCUT2D eigenvalue weighted by Crippen LogP contribution is -2.69. The molecule has 2 saturated carbocycles. The first-order valence-corrected chi connectivity index (χ1v) is 15.2. The zero-order chi connectivity index (χ0) is 28.8. The molecule has 3 aliphatic carbocycles. The van der Waals surface area contributed by atoms with E-state index >= 15 is 0 Å². The van der Waals surface area contributed by atoms with Crippen LogP contribution < -0.4 is 0 Å². The summed E-state index contributed by atoms with van der Waals surface area (Å²) in [5.41, 5.74) is 0.173. The number of benzene rings is 2. The van der Waals surface area contributed by atoms with Crippen LogP contribution in [0.5, 0.6) is 0 Å². The molecule has 2 spiro atoms. The fraction of sp³-hybridized carbons (Fsp3) is 0.529. The van der Waals surface area contributed by atoms with Gasteiger partial charge in [-0.1, -0.05) is 69.3 Å². The normalized spacial score (nSPS) is 45.8. The Morgan fingerprint density at radius 2 is 1.71 bits per heavy atom. The zero-order valence-corrected chi connectivity index (χ0v) is 23.8. The van der Waals surface area contributed by atoms with Gasteiger partial charge in [0.25, 0.3) is 0 Å². The van der Waals surface area contributed by atoms with Crippen molar-refractivity contribution in [1.29, 1.82) is 0 Å². The predicted molar refractivity (Wildman–Crippen MR) is 147 cm³/mol. The summed E-state index contributed by atoms with van der Waals surface area (Å²) in [4.78, 5) is 26.8. The van der Waals surface area contributed by atoms with Crippen LogP contribution in [0.25, 0.3) is 0 Å². The first kappa shape index (κ1) is 25.5. The fourth-order valence-corrected chi connectivity index (χ4v) is 9.75. The van der Waals surface area contributed by atoms with Crippen LogP contribution in [0.1, 0.15) is 62.1 Å². The van der Waals surface area contributed by atoms with E-state index in [0.717, 1.165) is 11.1 Å². The second-order valence-electron chi connectivity index (χ2n) is 13.7. The molecule has 0 bridgehead atoms. The molecule has 0 aromatic heterocycles. The van der Waals surface area contributed by atoms with Gasteiger partial charge < -0.3 is 28.8 Å². The molecule has 8 nitrogen and oxygen atoms in total. The Balaban J connectivity index is 1.12. The summed E-state index contributed by atoms with van der Waals surface area (Å²) in [6.07, 6.45) is -1.07. The van der Waals surface area contributed by atoms with Crippen LogP contribution >= 0.6 is 0 Å². The Bertz CT molecular complexity index is 1550. The molecular weight excluding hydrogens is 536 g/mol. The van der Waals surface area contributed by atoms with Crippen molar-refractivity contribution < 1.29 is 38.4 Å². The molecule has 0 amide bonds. The second kappa shape index (κ2) is 7.91. The van der Waals surface area contributed by atoms with Gasteiger partial charge in [-0.15, -0.1) is 0 Å². The Labute approximate surface area is 243 Å². The van der Waals surface area contributed by atoms with Crippen molar-refractivity contribution in [2.45, 2.75) is 93.5 Å². The zero-order valence-electron chi connectivity index (χ0n) is 23.8. The number of ether oxygens (including phenoxy) is 5. The van der Waals surface area contributed by atoms with Crippen LogP contribution in [0.4, 0.5) is 0 Å². The van der Waals surface area contributed by atoms with E-state index in [-0.39, 0.29) is 36.1 Å². The number of cyclic esters (lactones) is 1. The van der Waals surface area contributed by atoms with Crippen molar-refractivity contribution in [2.24, 2.45) is 17.3 Å². The predicted octanol–water partition coefficient (Wildman–Crippen LogP) is 4.07. The van der Waals surface area contributed by atoms with Crippen LogP contribution in [0, 0.1) is 17.3 Å². The van der Waals surface area contributed by atoms with E-state index in [9.17, 15) is 14.7 Å². The lowest BCUT2D eigenvalue weighted by molar-refractivity contribution is -0.144. The lowest BCUT2D eigenvalue weighted by Gasteiger charge is -2.54. The highest BCUT2D eigenvalue weighted by atomic mass is 16.7. The molecule has 4 aliphatic heterocycles. The molecule has 42 heavy (non-hydrogen) atoms. The minimum Gasteiger partial charge on any atom is -0.450 e. The van der Waals surface area contributed by atoms with Gasteiger partial charge in [-0.05, 0) is 54.4 Å².